The van der Waals surface area contributed by atoms with Crippen LogP contribution in [0.15, 0.2) is 24.3 Å². The Balaban J connectivity index is 1.23. The van der Waals surface area contributed by atoms with Crippen LogP contribution < -0.4 is 5.32 Å². The molecule has 3 saturated heterocycles. The Bertz CT molecular complexity index is 1230. The van der Waals surface area contributed by atoms with Gasteiger partial charge in [-0.05, 0) is 55.7 Å². The quantitative estimate of drug-likeness (QED) is 0.580. The highest BCUT2D eigenvalue weighted by molar-refractivity contribution is 7.86. The maximum absolute atomic E-state index is 13.7. The van der Waals surface area contributed by atoms with Crippen LogP contribution in [0.3, 0.4) is 0 Å². The molecule has 3 aliphatic heterocycles. The van der Waals surface area contributed by atoms with Gasteiger partial charge < -0.3 is 10.2 Å². The lowest BCUT2D eigenvalue weighted by atomic mass is 9.80. The number of benzene rings is 1. The number of halogens is 3. The molecule has 1 saturated carbocycles. The number of alkyl halides is 3. The van der Waals surface area contributed by atoms with E-state index in [2.05, 4.69) is 11.4 Å². The van der Waals surface area contributed by atoms with Crippen LogP contribution >= 0.6 is 0 Å². The van der Waals surface area contributed by atoms with Crippen LogP contribution in [0.25, 0.3) is 0 Å². The van der Waals surface area contributed by atoms with Gasteiger partial charge in [-0.25, -0.2) is 0 Å². The lowest BCUT2D eigenvalue weighted by Crippen LogP contribution is -2.58. The Morgan fingerprint density at radius 2 is 1.76 bits per heavy atom. The monoisotopic (exact) mass is 553 g/mol. The molecule has 4 fully saturated rings. The summed E-state index contributed by atoms with van der Waals surface area (Å²) in [6.45, 7) is 0.710. The molecule has 4 atom stereocenters. The number of likely N-dealkylation sites (tertiary alicyclic amines) is 1. The molecule has 1 aliphatic carbocycles. The molecule has 0 bridgehead atoms. The molecule has 0 aromatic heterocycles. The predicted octanol–water partition coefficient (Wildman–Crippen LogP) is 2.11. The van der Waals surface area contributed by atoms with Gasteiger partial charge in [0.25, 0.3) is 10.2 Å². The molecule has 5 rings (SSSR count). The first kappa shape index (κ1) is 26.9. The topological polar surface area (TPSA) is 114 Å². The van der Waals surface area contributed by atoms with Gasteiger partial charge in [-0.2, -0.15) is 35.5 Å². The van der Waals surface area contributed by atoms with Crippen molar-refractivity contribution in [1.82, 2.24) is 18.8 Å². The van der Waals surface area contributed by atoms with Gasteiger partial charge in [-0.1, -0.05) is 12.1 Å². The molecule has 3 heterocycles. The van der Waals surface area contributed by atoms with Gasteiger partial charge in [0.2, 0.25) is 11.8 Å². The van der Waals surface area contributed by atoms with Gasteiger partial charge in [0, 0.05) is 38.8 Å². The van der Waals surface area contributed by atoms with Crippen molar-refractivity contribution in [3.8, 4) is 6.07 Å². The number of hydrogen-bond donors (Lipinski definition) is 1. The maximum atomic E-state index is 13.7. The molecule has 13 heteroatoms. The number of amides is 2. The van der Waals surface area contributed by atoms with Gasteiger partial charge in [-0.15, -0.1) is 0 Å². The Morgan fingerprint density at radius 3 is 2.37 bits per heavy atom. The number of nitrogens with zero attached hydrogens (tertiary/aromatic N) is 4. The summed E-state index contributed by atoms with van der Waals surface area (Å²) in [7, 11) is -3.75. The normalized spacial score (nSPS) is 28.6. The van der Waals surface area contributed by atoms with Crippen LogP contribution in [0.1, 0.15) is 43.2 Å². The zero-order valence-electron chi connectivity index (χ0n) is 20.7. The Kier molecular flexibility index (Phi) is 7.17. The lowest BCUT2D eigenvalue weighted by molar-refractivity contribution is -0.146. The maximum Gasteiger partial charge on any atom is 0.416 e. The van der Waals surface area contributed by atoms with Crippen LogP contribution in [-0.2, 0) is 32.5 Å². The molecule has 0 spiro atoms. The Morgan fingerprint density at radius 1 is 1.05 bits per heavy atom. The second-order valence-electron chi connectivity index (χ2n) is 10.7. The first-order valence-electron chi connectivity index (χ1n) is 12.9. The van der Waals surface area contributed by atoms with Crippen molar-refractivity contribution in [3.05, 3.63) is 35.4 Å². The molecule has 38 heavy (non-hydrogen) atoms. The largest absolute Gasteiger partial charge is 0.416 e. The van der Waals surface area contributed by atoms with E-state index in [4.69, 9.17) is 5.26 Å². The van der Waals surface area contributed by atoms with Crippen LogP contribution in [0, 0.1) is 29.1 Å². The summed E-state index contributed by atoms with van der Waals surface area (Å²) in [4.78, 5) is 28.5. The highest BCUT2D eigenvalue weighted by Gasteiger charge is 2.52. The van der Waals surface area contributed by atoms with Gasteiger partial charge in [-0.3, -0.25) is 9.59 Å². The minimum Gasteiger partial charge on any atom is -0.350 e. The van der Waals surface area contributed by atoms with E-state index in [0.29, 0.717) is 31.4 Å². The smallest absolute Gasteiger partial charge is 0.350 e. The molecule has 1 N–H and O–H groups in total. The second-order valence-corrected chi connectivity index (χ2v) is 12.6. The molecular formula is C25H30F3N5O4S. The third kappa shape index (κ3) is 5.01. The van der Waals surface area contributed by atoms with Gasteiger partial charge in [0.05, 0.1) is 23.5 Å². The average Bonchev–Trinajstić information content (AvgIpc) is 3.11. The minimum atomic E-state index is -4.44. The average molecular weight is 554 g/mol. The van der Waals surface area contributed by atoms with Crippen LogP contribution in [0.4, 0.5) is 13.2 Å². The second kappa shape index (κ2) is 10.1. The summed E-state index contributed by atoms with van der Waals surface area (Å²) >= 11 is 0. The van der Waals surface area contributed by atoms with Crippen LogP contribution in [0.5, 0.6) is 0 Å². The van der Waals surface area contributed by atoms with Crippen LogP contribution in [-0.4, -0.2) is 72.0 Å². The molecule has 1 aromatic rings. The fraction of sp³-hybridized carbons (Fsp3) is 0.640. The number of carbonyl (C=O) groups is 2. The molecule has 9 nitrogen and oxygen atoms in total. The van der Waals surface area contributed by atoms with Crippen molar-refractivity contribution in [3.63, 3.8) is 0 Å². The SMILES string of the molecule is N#CC1CN(S(=O)(=O)N2CCC[C@H](C(=O)N3[C@@H]4CC[C@@H]4C[C@H]3C(=O)NCc3ccc(C(F)(F)F)cc3)C2)C1. The van der Waals surface area contributed by atoms with Crippen molar-refractivity contribution in [2.24, 2.45) is 17.8 Å². The first-order valence-corrected chi connectivity index (χ1v) is 14.3. The molecule has 2 amide bonds. The fourth-order valence-corrected chi connectivity index (χ4v) is 7.72. The number of rotatable bonds is 6. The van der Waals surface area contributed by atoms with Crippen molar-refractivity contribution in [2.45, 2.75) is 56.9 Å². The lowest BCUT2D eigenvalue weighted by Gasteiger charge is -2.42. The molecule has 206 valence electrons. The van der Waals surface area contributed by atoms with E-state index in [-0.39, 0.29) is 55.9 Å². The summed E-state index contributed by atoms with van der Waals surface area (Å²) in [6, 6.07) is 5.90. The molecule has 0 unspecified atom stereocenters. The zero-order chi connectivity index (χ0) is 27.2. The molecule has 0 radical (unpaired) electrons. The van der Waals surface area contributed by atoms with E-state index in [1.54, 1.807) is 4.90 Å². The van der Waals surface area contributed by atoms with Crippen LogP contribution in [0.2, 0.25) is 0 Å². The van der Waals surface area contributed by atoms with E-state index < -0.39 is 33.9 Å². The summed E-state index contributed by atoms with van der Waals surface area (Å²) in [5.41, 5.74) is -0.248. The van der Waals surface area contributed by atoms with E-state index in [9.17, 15) is 31.2 Å². The third-order valence-corrected chi connectivity index (χ3v) is 10.3. The highest BCUT2D eigenvalue weighted by atomic mass is 32.2. The number of nitriles is 1. The summed E-state index contributed by atoms with van der Waals surface area (Å²) in [6.07, 6.45) is -1.16. The Labute approximate surface area is 219 Å². The number of fused-ring (bicyclic) bond motifs is 1. The first-order chi connectivity index (χ1) is 18.0. The summed E-state index contributed by atoms with van der Waals surface area (Å²) in [5, 5.41) is 11.7. The Hall–Kier alpha value is -2.69. The van der Waals surface area contributed by atoms with E-state index in [1.807, 2.05) is 0 Å². The van der Waals surface area contributed by atoms with E-state index in [0.717, 1.165) is 25.0 Å². The third-order valence-electron chi connectivity index (χ3n) is 8.32. The number of nitrogens with one attached hydrogen (secondary N) is 1. The van der Waals surface area contributed by atoms with Gasteiger partial charge in [0.15, 0.2) is 0 Å². The number of hydrogen-bond acceptors (Lipinski definition) is 5. The molecule has 1 aromatic carbocycles. The van der Waals surface area contributed by atoms with Crippen molar-refractivity contribution >= 4 is 22.0 Å². The number of carbonyl (C=O) groups excluding carboxylic acids is 2. The van der Waals surface area contributed by atoms with E-state index in [1.165, 1.54) is 20.7 Å². The zero-order valence-corrected chi connectivity index (χ0v) is 21.5. The predicted molar refractivity (Wildman–Crippen MR) is 129 cm³/mol. The van der Waals surface area contributed by atoms with Crippen molar-refractivity contribution in [1.29, 1.82) is 5.26 Å². The minimum absolute atomic E-state index is 0.0415. The van der Waals surface area contributed by atoms with E-state index >= 15 is 0 Å². The number of piperidine rings is 1. The highest BCUT2D eigenvalue weighted by Crippen LogP contribution is 2.45. The summed E-state index contributed by atoms with van der Waals surface area (Å²) in [5.74, 6) is -1.22. The summed E-state index contributed by atoms with van der Waals surface area (Å²) < 4.78 is 67.0. The molecular weight excluding hydrogens is 523 g/mol. The van der Waals surface area contributed by atoms with Gasteiger partial charge in [0.1, 0.15) is 6.04 Å². The molecule has 4 aliphatic rings. The van der Waals surface area contributed by atoms with Crippen molar-refractivity contribution < 1.29 is 31.2 Å². The van der Waals surface area contributed by atoms with Crippen molar-refractivity contribution in [2.75, 3.05) is 26.2 Å². The fourth-order valence-electron chi connectivity index (χ4n) is 5.93. The standard InChI is InChI=1S/C25H30F3N5O4S/c26-25(27,28)20-6-3-16(4-7-20)12-30-23(34)22-10-18-5-8-21(18)33(22)24(35)19-2-1-9-31(15-19)38(36,37)32-13-17(11-29)14-32/h3-4,6-7,17-19,21-22H,1-2,5,8-10,12-15H2,(H,30,34)/t18-,19+,21-,22+/m1/s1. The van der Waals surface area contributed by atoms with Gasteiger partial charge >= 0.3 is 6.18 Å².